The second kappa shape index (κ2) is 3.41. The number of ether oxygens (including phenoxy) is 1. The van der Waals surface area contributed by atoms with Gasteiger partial charge in [-0.25, -0.2) is 0 Å². The maximum atomic E-state index is 4.90. The van der Waals surface area contributed by atoms with Gasteiger partial charge in [0.2, 0.25) is 0 Å². The lowest BCUT2D eigenvalue weighted by Gasteiger charge is -2.02. The van der Waals surface area contributed by atoms with E-state index in [2.05, 4.69) is 11.1 Å². The highest BCUT2D eigenvalue weighted by Gasteiger charge is 1.95. The Bertz CT molecular complexity index is 138. The van der Waals surface area contributed by atoms with Gasteiger partial charge in [-0.3, -0.25) is 4.99 Å². The quantitative estimate of drug-likeness (QED) is 0.546. The fraction of sp³-hybridized carbons (Fsp3) is 0.571. The summed E-state index contributed by atoms with van der Waals surface area (Å²) in [5, 5.41) is 0. The van der Waals surface area contributed by atoms with E-state index in [1.165, 1.54) is 0 Å². The summed E-state index contributed by atoms with van der Waals surface area (Å²) in [4.78, 5) is 4.13. The smallest absolute Gasteiger partial charge is 0.0880 e. The summed E-state index contributed by atoms with van der Waals surface area (Å²) in [6, 6.07) is 0. The third kappa shape index (κ3) is 1.98. The molecule has 0 bridgehead atoms. The molecule has 0 amide bonds. The van der Waals surface area contributed by atoms with E-state index >= 15 is 0 Å². The molecule has 0 saturated heterocycles. The second-order valence-corrected chi connectivity index (χ2v) is 2.02. The zero-order chi connectivity index (χ0) is 6.53. The third-order valence-corrected chi connectivity index (χ3v) is 1.23. The minimum absolute atomic E-state index is 0.649. The lowest BCUT2D eigenvalue weighted by Crippen LogP contribution is -1.95. The van der Waals surface area contributed by atoms with Crippen molar-refractivity contribution in [3.05, 3.63) is 11.8 Å². The molecule has 0 atom stereocenters. The summed E-state index contributed by atoms with van der Waals surface area (Å²) in [5.41, 5.74) is 1.06. The molecule has 2 heteroatoms. The fourth-order valence-electron chi connectivity index (χ4n) is 0.803. The van der Waals surface area contributed by atoms with Gasteiger partial charge < -0.3 is 4.74 Å². The van der Waals surface area contributed by atoms with Crippen molar-refractivity contribution >= 4 is 6.21 Å². The largest absolute Gasteiger partial charge is 0.378 e. The van der Waals surface area contributed by atoms with Crippen LogP contribution in [-0.4, -0.2) is 19.9 Å². The zero-order valence-electron chi connectivity index (χ0n) is 5.63. The van der Waals surface area contributed by atoms with Crippen LogP contribution in [0, 0.1) is 0 Å². The third-order valence-electron chi connectivity index (χ3n) is 1.23. The molecule has 1 aliphatic heterocycles. The predicted octanol–water partition coefficient (Wildman–Crippen LogP) is 1.38. The molecule has 0 aliphatic carbocycles. The monoisotopic (exact) mass is 125 g/mol. The Morgan fingerprint density at radius 1 is 1.67 bits per heavy atom. The Morgan fingerprint density at radius 3 is 3.11 bits per heavy atom. The van der Waals surface area contributed by atoms with Gasteiger partial charge in [0, 0.05) is 13.3 Å². The first-order valence-corrected chi connectivity index (χ1v) is 3.14. The molecule has 1 heterocycles. The lowest BCUT2D eigenvalue weighted by molar-refractivity contribution is 0.224. The van der Waals surface area contributed by atoms with E-state index in [0.29, 0.717) is 6.61 Å². The molecular formula is C7H11NO. The Hall–Kier alpha value is -0.630. The van der Waals surface area contributed by atoms with Gasteiger partial charge >= 0.3 is 0 Å². The number of hydrogen-bond donors (Lipinski definition) is 0. The van der Waals surface area contributed by atoms with Crippen molar-refractivity contribution in [3.8, 4) is 0 Å². The van der Waals surface area contributed by atoms with Crippen LogP contribution in [0.25, 0.3) is 0 Å². The van der Waals surface area contributed by atoms with Gasteiger partial charge in [-0.1, -0.05) is 6.08 Å². The Morgan fingerprint density at radius 2 is 2.56 bits per heavy atom. The first-order chi connectivity index (χ1) is 4.43. The van der Waals surface area contributed by atoms with E-state index in [1.807, 2.05) is 6.21 Å². The average Bonchev–Trinajstić information content (AvgIpc) is 1.91. The normalized spacial score (nSPS) is 17.7. The minimum Gasteiger partial charge on any atom is -0.378 e. The van der Waals surface area contributed by atoms with Crippen LogP contribution in [-0.2, 0) is 4.74 Å². The van der Waals surface area contributed by atoms with Crippen LogP contribution in [0.2, 0.25) is 0 Å². The van der Waals surface area contributed by atoms with Crippen molar-refractivity contribution in [2.75, 3.05) is 13.7 Å². The summed E-state index contributed by atoms with van der Waals surface area (Å²) < 4.78 is 4.90. The first kappa shape index (κ1) is 6.49. The van der Waals surface area contributed by atoms with E-state index in [9.17, 15) is 0 Å². The number of methoxy groups -OCH3 is 1. The summed E-state index contributed by atoms with van der Waals surface area (Å²) in [7, 11) is 1.69. The molecule has 0 unspecified atom stereocenters. The molecule has 0 fully saturated rings. The maximum Gasteiger partial charge on any atom is 0.0880 e. The van der Waals surface area contributed by atoms with Crippen LogP contribution in [0.15, 0.2) is 16.8 Å². The van der Waals surface area contributed by atoms with Crippen LogP contribution in [0.4, 0.5) is 0 Å². The van der Waals surface area contributed by atoms with Gasteiger partial charge in [-0.2, -0.15) is 0 Å². The molecule has 0 N–H and O–H groups in total. The van der Waals surface area contributed by atoms with E-state index in [0.717, 1.165) is 18.5 Å². The Kier molecular flexibility index (Phi) is 2.46. The highest BCUT2D eigenvalue weighted by atomic mass is 16.5. The van der Waals surface area contributed by atoms with Crippen LogP contribution in [0.3, 0.4) is 0 Å². The molecule has 0 radical (unpaired) electrons. The summed E-state index contributed by atoms with van der Waals surface area (Å²) >= 11 is 0. The number of aliphatic imine (C=N–C) groups is 1. The van der Waals surface area contributed by atoms with E-state index in [1.54, 1.807) is 7.11 Å². The molecule has 0 spiro atoms. The van der Waals surface area contributed by atoms with Gasteiger partial charge in [0.15, 0.2) is 0 Å². The Labute approximate surface area is 55.2 Å². The molecule has 0 aromatic carbocycles. The lowest BCUT2D eigenvalue weighted by atomic mass is 10.2. The van der Waals surface area contributed by atoms with Crippen LogP contribution in [0.1, 0.15) is 12.8 Å². The van der Waals surface area contributed by atoms with Crippen molar-refractivity contribution in [3.63, 3.8) is 0 Å². The van der Waals surface area contributed by atoms with Gasteiger partial charge in [-0.15, -0.1) is 0 Å². The second-order valence-electron chi connectivity index (χ2n) is 2.02. The molecule has 0 saturated carbocycles. The van der Waals surface area contributed by atoms with Crippen molar-refractivity contribution in [2.45, 2.75) is 12.8 Å². The topological polar surface area (TPSA) is 21.6 Å². The molecule has 1 aliphatic rings. The van der Waals surface area contributed by atoms with E-state index in [4.69, 9.17) is 4.74 Å². The zero-order valence-corrected chi connectivity index (χ0v) is 5.63. The highest BCUT2D eigenvalue weighted by Crippen LogP contribution is 2.05. The predicted molar refractivity (Wildman–Crippen MR) is 37.7 cm³/mol. The van der Waals surface area contributed by atoms with Crippen LogP contribution in [0.5, 0.6) is 0 Å². The van der Waals surface area contributed by atoms with E-state index in [-0.39, 0.29) is 0 Å². The molecular weight excluding hydrogens is 114 g/mol. The van der Waals surface area contributed by atoms with Crippen LogP contribution < -0.4 is 0 Å². The van der Waals surface area contributed by atoms with Gasteiger partial charge in [-0.05, 0) is 12.8 Å². The highest BCUT2D eigenvalue weighted by molar-refractivity contribution is 5.60. The molecule has 0 aromatic heterocycles. The van der Waals surface area contributed by atoms with Gasteiger partial charge in [0.05, 0.1) is 12.3 Å². The number of nitrogens with zero attached hydrogens (tertiary/aromatic N) is 1. The maximum absolute atomic E-state index is 4.90. The number of rotatable bonds is 2. The fourth-order valence-corrected chi connectivity index (χ4v) is 0.803. The number of allylic oxidation sites excluding steroid dienone is 1. The summed E-state index contributed by atoms with van der Waals surface area (Å²) in [6.45, 7) is 0.649. The Balaban J connectivity index is 2.38. The standard InChI is InChI=1S/C7H11NO/c1-9-6-7-4-2-3-5-8-7/h4-5H,2-3,6H2,1H3. The molecule has 0 aromatic rings. The molecule has 50 valence electrons. The van der Waals surface area contributed by atoms with Gasteiger partial charge in [0.25, 0.3) is 0 Å². The average molecular weight is 125 g/mol. The van der Waals surface area contributed by atoms with Crippen LogP contribution >= 0.6 is 0 Å². The van der Waals surface area contributed by atoms with E-state index < -0.39 is 0 Å². The first-order valence-electron chi connectivity index (χ1n) is 3.14. The molecule has 9 heavy (non-hydrogen) atoms. The van der Waals surface area contributed by atoms with Crippen molar-refractivity contribution in [1.82, 2.24) is 0 Å². The minimum atomic E-state index is 0.649. The molecule has 2 nitrogen and oxygen atoms in total. The van der Waals surface area contributed by atoms with Crippen molar-refractivity contribution < 1.29 is 4.74 Å². The summed E-state index contributed by atoms with van der Waals surface area (Å²) in [6.07, 6.45) is 6.24. The van der Waals surface area contributed by atoms with Crippen molar-refractivity contribution in [1.29, 1.82) is 0 Å². The SMILES string of the molecule is COCC1=CCCC=N1. The molecule has 1 rings (SSSR count). The number of hydrogen-bond acceptors (Lipinski definition) is 2. The van der Waals surface area contributed by atoms with Crippen molar-refractivity contribution in [2.24, 2.45) is 4.99 Å². The van der Waals surface area contributed by atoms with Gasteiger partial charge in [0.1, 0.15) is 0 Å². The summed E-state index contributed by atoms with van der Waals surface area (Å²) in [5.74, 6) is 0.